The average molecular weight is 423 g/mol. The Labute approximate surface area is 176 Å². The number of aryl methyl sites for hydroxylation is 1. The van der Waals surface area contributed by atoms with Gasteiger partial charge in [0.1, 0.15) is 22.7 Å². The number of nitrogens with zero attached hydrogens (tertiary/aromatic N) is 3. The molecule has 1 aliphatic rings. The first-order valence-electron chi connectivity index (χ1n) is 9.81. The van der Waals surface area contributed by atoms with E-state index in [9.17, 15) is 9.90 Å². The zero-order chi connectivity index (χ0) is 20.9. The highest BCUT2D eigenvalue weighted by Crippen LogP contribution is 2.46. The van der Waals surface area contributed by atoms with Gasteiger partial charge in [0.25, 0.3) is 0 Å². The van der Waals surface area contributed by atoms with Crippen molar-refractivity contribution in [1.82, 2.24) is 20.2 Å². The van der Waals surface area contributed by atoms with E-state index >= 15 is 0 Å². The Bertz CT molecular complexity index is 1280. The molecule has 3 heterocycles. The van der Waals surface area contributed by atoms with E-state index in [1.54, 1.807) is 31.0 Å². The van der Waals surface area contributed by atoms with Crippen molar-refractivity contribution in [2.75, 3.05) is 12.4 Å². The number of carboxylic acid groups (broad SMARTS) is 1. The molecule has 0 saturated carbocycles. The molecule has 0 amide bonds. The van der Waals surface area contributed by atoms with Gasteiger partial charge in [-0.05, 0) is 37.3 Å². The minimum atomic E-state index is -0.712. The van der Waals surface area contributed by atoms with Crippen LogP contribution >= 0.6 is 11.3 Å². The number of hydrogen-bond acceptors (Lipinski definition) is 7. The van der Waals surface area contributed by atoms with Gasteiger partial charge in [-0.15, -0.1) is 11.3 Å². The molecular weight excluding hydrogens is 402 g/mol. The van der Waals surface area contributed by atoms with E-state index in [0.717, 1.165) is 37.2 Å². The van der Waals surface area contributed by atoms with Gasteiger partial charge in [0.2, 0.25) is 0 Å². The number of nitrogens with one attached hydrogen (secondary N) is 2. The lowest BCUT2D eigenvalue weighted by Crippen LogP contribution is -2.35. The van der Waals surface area contributed by atoms with Crippen LogP contribution < -0.4 is 10.1 Å². The van der Waals surface area contributed by atoms with Crippen molar-refractivity contribution in [3.63, 3.8) is 0 Å². The molecule has 30 heavy (non-hydrogen) atoms. The number of fused-ring (bicyclic) bond motifs is 4. The number of ether oxygens (including phenoxy) is 1. The summed E-state index contributed by atoms with van der Waals surface area (Å²) in [7, 11) is 1.63. The number of hydrogen-bond donors (Lipinski definition) is 3. The molecule has 0 saturated heterocycles. The number of carboxylic acids is 1. The molecule has 3 N–H and O–H groups in total. The van der Waals surface area contributed by atoms with Crippen LogP contribution in [-0.4, -0.2) is 38.4 Å². The Morgan fingerprint density at radius 3 is 3.03 bits per heavy atom. The third-order valence-electron chi connectivity index (χ3n) is 6.17. The first kappa shape index (κ1) is 18.8. The zero-order valence-electron chi connectivity index (χ0n) is 16.7. The molecule has 0 radical (unpaired) electrons. The van der Waals surface area contributed by atoms with Crippen LogP contribution in [0.25, 0.3) is 21.1 Å². The van der Waals surface area contributed by atoms with Crippen molar-refractivity contribution < 1.29 is 14.6 Å². The van der Waals surface area contributed by atoms with Gasteiger partial charge < -0.3 is 15.2 Å². The fourth-order valence-electron chi connectivity index (χ4n) is 4.30. The van der Waals surface area contributed by atoms with Crippen LogP contribution in [0.5, 0.6) is 5.75 Å². The molecule has 1 aliphatic carbocycles. The van der Waals surface area contributed by atoms with Crippen LogP contribution in [0.2, 0.25) is 0 Å². The summed E-state index contributed by atoms with van der Waals surface area (Å²) in [5.41, 5.74) is 2.15. The molecule has 0 spiro atoms. The quantitative estimate of drug-likeness (QED) is 0.439. The van der Waals surface area contributed by atoms with Gasteiger partial charge in [-0.2, -0.15) is 5.10 Å². The molecule has 8 nitrogen and oxygen atoms in total. The second-order valence-electron chi connectivity index (χ2n) is 7.66. The lowest BCUT2D eigenvalue weighted by Gasteiger charge is -2.32. The molecule has 0 fully saturated rings. The number of H-pyrrole nitrogens is 1. The van der Waals surface area contributed by atoms with E-state index in [-0.39, 0.29) is 0 Å². The van der Waals surface area contributed by atoms with Crippen LogP contribution in [0.4, 0.5) is 11.5 Å². The van der Waals surface area contributed by atoms with E-state index < -0.39 is 11.4 Å². The third-order valence-corrected chi connectivity index (χ3v) is 7.31. The summed E-state index contributed by atoms with van der Waals surface area (Å²) in [5, 5.41) is 22.2. The maximum absolute atomic E-state index is 11.9. The molecule has 0 unspecified atom stereocenters. The second kappa shape index (κ2) is 6.94. The van der Waals surface area contributed by atoms with Crippen molar-refractivity contribution in [3.8, 4) is 5.75 Å². The largest absolute Gasteiger partial charge is 0.494 e. The highest BCUT2D eigenvalue weighted by Gasteiger charge is 2.41. The summed E-state index contributed by atoms with van der Waals surface area (Å²) >= 11 is 1.57. The molecule has 9 heteroatoms. The van der Waals surface area contributed by atoms with Crippen LogP contribution in [0, 0.1) is 5.41 Å². The van der Waals surface area contributed by atoms with E-state index in [4.69, 9.17) is 4.74 Å². The lowest BCUT2D eigenvalue weighted by molar-refractivity contribution is -0.149. The van der Waals surface area contributed by atoms with Gasteiger partial charge in [-0.3, -0.25) is 9.89 Å². The Kier molecular flexibility index (Phi) is 4.35. The van der Waals surface area contributed by atoms with Gasteiger partial charge in [0.05, 0.1) is 35.3 Å². The molecule has 3 aromatic heterocycles. The number of methoxy groups -OCH3 is 1. The predicted molar refractivity (Wildman–Crippen MR) is 116 cm³/mol. The highest BCUT2D eigenvalue weighted by atomic mass is 32.1. The zero-order valence-corrected chi connectivity index (χ0v) is 17.5. The van der Waals surface area contributed by atoms with Gasteiger partial charge in [-0.25, -0.2) is 9.97 Å². The van der Waals surface area contributed by atoms with E-state index in [1.807, 2.05) is 19.1 Å². The number of benzene rings is 1. The van der Waals surface area contributed by atoms with Crippen LogP contribution in [0.15, 0.2) is 24.7 Å². The number of anilines is 2. The Morgan fingerprint density at radius 2 is 2.27 bits per heavy atom. The van der Waals surface area contributed by atoms with Crippen LogP contribution in [0.3, 0.4) is 0 Å². The number of aromatic amines is 1. The number of aliphatic carboxylic acids is 1. The average Bonchev–Trinajstić information content (AvgIpc) is 3.36. The Balaban J connectivity index is 1.60. The van der Waals surface area contributed by atoms with E-state index in [1.165, 1.54) is 0 Å². The fourth-order valence-corrected chi connectivity index (χ4v) is 5.63. The van der Waals surface area contributed by atoms with Crippen LogP contribution in [0.1, 0.15) is 30.2 Å². The van der Waals surface area contributed by atoms with E-state index in [2.05, 4.69) is 25.5 Å². The van der Waals surface area contributed by atoms with Gasteiger partial charge in [0.15, 0.2) is 0 Å². The standard InChI is InChI=1S/C21H21N5O3S/c1-3-21(20(27)28)5-4-12-16(8-21)30-19-17(12)18(22-10-23-19)25-14-6-11-9-24-26-13(11)7-15(14)29-2/h6-7,9-10H,3-5,8H2,1-2H3,(H,24,26)(H,27,28)(H,22,23,25)/t21-/m1/s1. The highest BCUT2D eigenvalue weighted by molar-refractivity contribution is 7.19. The summed E-state index contributed by atoms with van der Waals surface area (Å²) < 4.78 is 5.55. The van der Waals surface area contributed by atoms with Crippen molar-refractivity contribution in [2.45, 2.75) is 32.6 Å². The van der Waals surface area contributed by atoms with Crippen molar-refractivity contribution in [1.29, 1.82) is 0 Å². The monoisotopic (exact) mass is 423 g/mol. The van der Waals surface area contributed by atoms with Gasteiger partial charge >= 0.3 is 5.97 Å². The first-order valence-corrected chi connectivity index (χ1v) is 10.6. The maximum Gasteiger partial charge on any atom is 0.309 e. The van der Waals surface area contributed by atoms with Crippen LogP contribution in [-0.2, 0) is 17.6 Å². The third kappa shape index (κ3) is 2.80. The number of carbonyl (C=O) groups is 1. The maximum atomic E-state index is 11.9. The SMILES string of the molecule is CC[C@@]1(C(=O)O)CCc2c(sc3ncnc(Nc4cc5cn[nH]c5cc4OC)c23)C1. The number of aromatic nitrogens is 4. The molecule has 0 bridgehead atoms. The van der Waals surface area contributed by atoms with Crippen molar-refractivity contribution in [3.05, 3.63) is 35.1 Å². The van der Waals surface area contributed by atoms with Gasteiger partial charge in [0, 0.05) is 16.3 Å². The molecule has 5 rings (SSSR count). The minimum absolute atomic E-state index is 0.541. The minimum Gasteiger partial charge on any atom is -0.494 e. The molecule has 1 aromatic carbocycles. The topological polar surface area (TPSA) is 113 Å². The number of rotatable bonds is 5. The first-order chi connectivity index (χ1) is 14.5. The molecule has 1 atom stereocenters. The molecule has 154 valence electrons. The summed E-state index contributed by atoms with van der Waals surface area (Å²) in [6.45, 7) is 1.96. The normalized spacial score (nSPS) is 18.5. The predicted octanol–water partition coefficient (Wildman–Crippen LogP) is 4.29. The summed E-state index contributed by atoms with van der Waals surface area (Å²) in [4.78, 5) is 22.9. The summed E-state index contributed by atoms with van der Waals surface area (Å²) in [6, 6.07) is 3.87. The smallest absolute Gasteiger partial charge is 0.309 e. The van der Waals surface area contributed by atoms with Crippen molar-refractivity contribution >= 4 is 49.9 Å². The molecular formula is C21H21N5O3S. The molecule has 4 aromatic rings. The lowest BCUT2D eigenvalue weighted by atomic mass is 9.72. The fraction of sp³-hybridized carbons (Fsp3) is 0.333. The van der Waals surface area contributed by atoms with E-state index in [0.29, 0.717) is 37.3 Å². The second-order valence-corrected chi connectivity index (χ2v) is 8.74. The Hall–Kier alpha value is -3.20. The summed E-state index contributed by atoms with van der Waals surface area (Å²) in [6.07, 6.45) is 5.79. The van der Waals surface area contributed by atoms with Gasteiger partial charge in [-0.1, -0.05) is 6.92 Å². The molecule has 0 aliphatic heterocycles. The Morgan fingerprint density at radius 1 is 1.40 bits per heavy atom. The number of thiophene rings is 1. The summed E-state index contributed by atoms with van der Waals surface area (Å²) in [5.74, 6) is 0.673. The van der Waals surface area contributed by atoms with Crippen molar-refractivity contribution in [2.24, 2.45) is 5.41 Å².